The lowest BCUT2D eigenvalue weighted by molar-refractivity contribution is -0.140. The number of amides is 3. The third kappa shape index (κ3) is 8.48. The second-order valence-corrected chi connectivity index (χ2v) is 9.46. The Morgan fingerprint density at radius 3 is 2.17 bits per heavy atom. The normalized spacial score (nSPS) is 12.7. The van der Waals surface area contributed by atoms with Gasteiger partial charge in [0, 0.05) is 12.2 Å². The Kier molecular flexibility index (Phi) is 10.1. The van der Waals surface area contributed by atoms with E-state index in [4.69, 9.17) is 9.47 Å². The van der Waals surface area contributed by atoms with E-state index in [-0.39, 0.29) is 12.3 Å². The summed E-state index contributed by atoms with van der Waals surface area (Å²) < 4.78 is 10.5. The Morgan fingerprint density at radius 2 is 1.64 bits per heavy atom. The standard InChI is InChI=1S/C27H37N3O6/c1-7-8-17-30(25(33)18(2)28-26(34)36-27(3,4)5)23(19-9-13-21(31)14-10-19)24(32)29-20-11-15-22(35-6)16-12-20/h9-16,18,23,31H,7-8,17H2,1-6H3,(H,28,34)(H,29,32). The van der Waals surface area contributed by atoms with E-state index in [0.717, 1.165) is 6.42 Å². The minimum absolute atomic E-state index is 0.0412. The summed E-state index contributed by atoms with van der Waals surface area (Å²) in [4.78, 5) is 40.9. The summed E-state index contributed by atoms with van der Waals surface area (Å²) in [7, 11) is 1.55. The van der Waals surface area contributed by atoms with Gasteiger partial charge < -0.3 is 30.1 Å². The van der Waals surface area contributed by atoms with Crippen molar-refractivity contribution in [3.63, 3.8) is 0 Å². The van der Waals surface area contributed by atoms with Crippen LogP contribution >= 0.6 is 0 Å². The number of anilines is 1. The van der Waals surface area contributed by atoms with Gasteiger partial charge in [-0.15, -0.1) is 0 Å². The van der Waals surface area contributed by atoms with E-state index in [0.29, 0.717) is 23.4 Å². The van der Waals surface area contributed by atoms with Gasteiger partial charge in [-0.1, -0.05) is 25.5 Å². The summed E-state index contributed by atoms with van der Waals surface area (Å²) in [6.07, 6.45) is 0.720. The molecule has 36 heavy (non-hydrogen) atoms. The number of nitrogens with zero attached hydrogens (tertiary/aromatic N) is 1. The number of methoxy groups -OCH3 is 1. The summed E-state index contributed by atoms with van der Waals surface area (Å²) in [6, 6.07) is 11.0. The molecule has 0 aromatic heterocycles. The number of unbranched alkanes of at least 4 members (excludes halogenated alkanes) is 1. The first kappa shape index (κ1) is 28.5. The van der Waals surface area contributed by atoms with Crippen molar-refractivity contribution >= 4 is 23.6 Å². The largest absolute Gasteiger partial charge is 0.508 e. The van der Waals surface area contributed by atoms with Crippen LogP contribution in [0.25, 0.3) is 0 Å². The molecule has 0 saturated carbocycles. The molecule has 9 heteroatoms. The van der Waals surface area contributed by atoms with Crippen molar-refractivity contribution in [2.45, 2.75) is 65.1 Å². The monoisotopic (exact) mass is 499 g/mol. The van der Waals surface area contributed by atoms with Crippen LogP contribution in [0.5, 0.6) is 11.5 Å². The van der Waals surface area contributed by atoms with Crippen LogP contribution in [0.1, 0.15) is 59.1 Å². The number of ether oxygens (including phenoxy) is 2. The Labute approximate surface area is 212 Å². The van der Waals surface area contributed by atoms with Gasteiger partial charge >= 0.3 is 6.09 Å². The number of aromatic hydroxyl groups is 1. The summed E-state index contributed by atoms with van der Waals surface area (Å²) in [5, 5.41) is 15.2. The van der Waals surface area contributed by atoms with Crippen LogP contribution in [0.4, 0.5) is 10.5 Å². The molecule has 196 valence electrons. The van der Waals surface area contributed by atoms with Crippen LogP contribution in [-0.2, 0) is 14.3 Å². The zero-order valence-corrected chi connectivity index (χ0v) is 21.8. The first-order valence-corrected chi connectivity index (χ1v) is 12.0. The fraction of sp³-hybridized carbons (Fsp3) is 0.444. The van der Waals surface area contributed by atoms with Crippen molar-refractivity contribution in [3.05, 3.63) is 54.1 Å². The van der Waals surface area contributed by atoms with E-state index >= 15 is 0 Å². The highest BCUT2D eigenvalue weighted by Gasteiger charge is 2.34. The van der Waals surface area contributed by atoms with Crippen LogP contribution in [0.2, 0.25) is 0 Å². The maximum Gasteiger partial charge on any atom is 0.408 e. The van der Waals surface area contributed by atoms with Crippen molar-refractivity contribution in [2.75, 3.05) is 19.0 Å². The lowest BCUT2D eigenvalue weighted by Gasteiger charge is -2.33. The number of hydrogen-bond donors (Lipinski definition) is 3. The molecular weight excluding hydrogens is 462 g/mol. The minimum Gasteiger partial charge on any atom is -0.508 e. The molecule has 3 amide bonds. The molecule has 0 bridgehead atoms. The van der Waals surface area contributed by atoms with E-state index in [2.05, 4.69) is 10.6 Å². The molecule has 0 aliphatic rings. The average Bonchev–Trinajstić information content (AvgIpc) is 2.81. The van der Waals surface area contributed by atoms with Crippen molar-refractivity contribution < 1.29 is 29.0 Å². The SMILES string of the molecule is CCCCN(C(=O)C(C)NC(=O)OC(C)(C)C)C(C(=O)Nc1ccc(OC)cc1)c1ccc(O)cc1. The van der Waals surface area contributed by atoms with Crippen molar-refractivity contribution in [2.24, 2.45) is 0 Å². The molecule has 3 N–H and O–H groups in total. The van der Waals surface area contributed by atoms with Crippen molar-refractivity contribution in [3.8, 4) is 11.5 Å². The van der Waals surface area contributed by atoms with E-state index in [1.165, 1.54) is 17.0 Å². The number of hydrogen-bond acceptors (Lipinski definition) is 6. The minimum atomic E-state index is -1.00. The molecule has 2 unspecified atom stereocenters. The first-order valence-electron chi connectivity index (χ1n) is 12.0. The van der Waals surface area contributed by atoms with Crippen molar-refractivity contribution in [1.82, 2.24) is 10.2 Å². The first-order chi connectivity index (χ1) is 16.9. The molecule has 0 fully saturated rings. The number of rotatable bonds is 10. The van der Waals surface area contributed by atoms with Gasteiger partial charge in [-0.05, 0) is 76.1 Å². The zero-order chi connectivity index (χ0) is 26.9. The van der Waals surface area contributed by atoms with Gasteiger partial charge in [0.15, 0.2) is 0 Å². The lowest BCUT2D eigenvalue weighted by atomic mass is 10.0. The molecule has 0 heterocycles. The number of carbonyl (C=O) groups excluding carboxylic acids is 3. The highest BCUT2D eigenvalue weighted by atomic mass is 16.6. The van der Waals surface area contributed by atoms with E-state index < -0.39 is 35.6 Å². The van der Waals surface area contributed by atoms with Crippen LogP contribution in [-0.4, -0.2) is 53.2 Å². The lowest BCUT2D eigenvalue weighted by Crippen LogP contribution is -2.51. The average molecular weight is 500 g/mol. The number of alkyl carbamates (subject to hydrolysis) is 1. The fourth-order valence-electron chi connectivity index (χ4n) is 3.50. The number of carbonyl (C=O) groups is 3. The van der Waals surface area contributed by atoms with Crippen LogP contribution in [0.3, 0.4) is 0 Å². The molecular formula is C27H37N3O6. The van der Waals surface area contributed by atoms with Gasteiger partial charge in [-0.3, -0.25) is 9.59 Å². The summed E-state index contributed by atoms with van der Waals surface area (Å²) in [6.45, 7) is 9.03. The predicted octanol–water partition coefficient (Wildman–Crippen LogP) is 4.62. The molecule has 0 aliphatic heterocycles. The van der Waals surface area contributed by atoms with Gasteiger partial charge in [0.2, 0.25) is 5.91 Å². The highest BCUT2D eigenvalue weighted by Crippen LogP contribution is 2.27. The maximum absolute atomic E-state index is 13.6. The Balaban J connectivity index is 2.38. The molecule has 2 atom stereocenters. The molecule has 2 aromatic carbocycles. The summed E-state index contributed by atoms with van der Waals surface area (Å²) >= 11 is 0. The van der Waals surface area contributed by atoms with Crippen molar-refractivity contribution in [1.29, 1.82) is 0 Å². The van der Waals surface area contributed by atoms with Crippen LogP contribution in [0, 0.1) is 0 Å². The van der Waals surface area contributed by atoms with Gasteiger partial charge in [-0.2, -0.15) is 0 Å². The fourth-order valence-corrected chi connectivity index (χ4v) is 3.50. The van der Waals surface area contributed by atoms with E-state index in [1.54, 1.807) is 71.2 Å². The topological polar surface area (TPSA) is 117 Å². The smallest absolute Gasteiger partial charge is 0.408 e. The number of nitrogens with one attached hydrogen (secondary N) is 2. The second kappa shape index (κ2) is 12.8. The van der Waals surface area contributed by atoms with E-state index in [9.17, 15) is 19.5 Å². The molecule has 2 aromatic rings. The zero-order valence-electron chi connectivity index (χ0n) is 21.8. The van der Waals surface area contributed by atoms with Crippen LogP contribution < -0.4 is 15.4 Å². The number of phenolic OH excluding ortho intramolecular Hbond substituents is 1. The van der Waals surface area contributed by atoms with Gasteiger partial charge in [0.05, 0.1) is 7.11 Å². The summed E-state index contributed by atoms with van der Waals surface area (Å²) in [5.74, 6) is -0.179. The third-order valence-corrected chi connectivity index (χ3v) is 5.27. The number of phenols is 1. The molecule has 2 rings (SSSR count). The highest BCUT2D eigenvalue weighted by molar-refractivity contribution is 5.99. The Hall–Kier alpha value is -3.75. The van der Waals surface area contributed by atoms with E-state index in [1.807, 2.05) is 6.92 Å². The molecule has 0 saturated heterocycles. The van der Waals surface area contributed by atoms with Gasteiger partial charge in [0.1, 0.15) is 29.2 Å². The predicted molar refractivity (Wildman–Crippen MR) is 138 cm³/mol. The summed E-state index contributed by atoms with van der Waals surface area (Å²) in [5.41, 5.74) is 0.335. The van der Waals surface area contributed by atoms with Gasteiger partial charge in [0.25, 0.3) is 5.91 Å². The Morgan fingerprint density at radius 1 is 1.03 bits per heavy atom. The van der Waals surface area contributed by atoms with Crippen LogP contribution in [0.15, 0.2) is 48.5 Å². The van der Waals surface area contributed by atoms with Gasteiger partial charge in [-0.25, -0.2) is 4.79 Å². The maximum atomic E-state index is 13.6. The second-order valence-electron chi connectivity index (χ2n) is 9.46. The third-order valence-electron chi connectivity index (χ3n) is 5.27. The molecule has 0 aliphatic carbocycles. The molecule has 0 radical (unpaired) electrons. The molecule has 0 spiro atoms. The molecule has 9 nitrogen and oxygen atoms in total. The quantitative estimate of drug-likeness (QED) is 0.439. The Bertz CT molecular complexity index is 1020. The number of benzene rings is 2.